The fraction of sp³-hybridized carbons (Fsp3) is 0. The summed E-state index contributed by atoms with van der Waals surface area (Å²) in [7, 11) is 0. The van der Waals surface area contributed by atoms with Crippen LogP contribution in [0.3, 0.4) is 0 Å². The van der Waals surface area contributed by atoms with Crippen LogP contribution in [0.1, 0.15) is 0 Å². The van der Waals surface area contributed by atoms with Gasteiger partial charge in [-0.2, -0.15) is 5.90 Å². The molecule has 44 valence electrons. The average molecular weight is 118 g/mol. The Kier molecular flexibility index (Phi) is 3.04. The second kappa shape index (κ2) is 3.72. The Hall–Kier alpha value is -1.46. The molecule has 0 aliphatic carbocycles. The summed E-state index contributed by atoms with van der Waals surface area (Å²) in [4.78, 5) is 18.8. The van der Waals surface area contributed by atoms with Gasteiger partial charge in [-0.1, -0.05) is 0 Å². The fourth-order valence-corrected chi connectivity index (χ4v) is 0.0731. The molecule has 0 amide bonds. The summed E-state index contributed by atoms with van der Waals surface area (Å²) in [6.07, 6.45) is -1.25. The van der Waals surface area contributed by atoms with Crippen molar-refractivity contribution in [2.24, 2.45) is 11.2 Å². The zero-order chi connectivity index (χ0) is 6.41. The van der Waals surface area contributed by atoms with E-state index in [1.807, 2.05) is 0 Å². The Balaban J connectivity index is 3.39. The van der Waals surface area contributed by atoms with E-state index in [-0.39, 0.29) is 0 Å². The molecule has 0 heterocycles. The van der Waals surface area contributed by atoms with Crippen LogP contribution in [0.2, 0.25) is 0 Å². The van der Waals surface area contributed by atoms with Gasteiger partial charge in [-0.05, 0) is 5.53 Å². The molecule has 0 fully saturated rings. The largest absolute Gasteiger partial charge is 0.539 e. The van der Waals surface area contributed by atoms with Crippen LogP contribution in [0.5, 0.6) is 0 Å². The quantitative estimate of drug-likeness (QED) is 0.230. The molecule has 0 aromatic heterocycles. The fourth-order valence-electron chi connectivity index (χ4n) is 0.0731. The van der Waals surface area contributed by atoms with Crippen molar-refractivity contribution in [3.8, 4) is 0 Å². The SMILES string of the molecule is [N-]=[N+]=NOC(=O)ON. The highest BCUT2D eigenvalue weighted by atomic mass is 16.8. The van der Waals surface area contributed by atoms with Crippen molar-refractivity contribution in [2.45, 2.75) is 0 Å². The van der Waals surface area contributed by atoms with Crippen LogP contribution >= 0.6 is 0 Å². The minimum Gasteiger partial charge on any atom is -0.341 e. The van der Waals surface area contributed by atoms with Gasteiger partial charge in [0.2, 0.25) is 0 Å². The van der Waals surface area contributed by atoms with E-state index in [2.05, 4.69) is 25.8 Å². The first-order chi connectivity index (χ1) is 3.81. The van der Waals surface area contributed by atoms with Gasteiger partial charge in [-0.25, -0.2) is 4.79 Å². The van der Waals surface area contributed by atoms with Gasteiger partial charge in [0, 0.05) is 4.91 Å². The van der Waals surface area contributed by atoms with Crippen molar-refractivity contribution in [3.63, 3.8) is 0 Å². The molecule has 0 unspecified atom stereocenters. The van der Waals surface area contributed by atoms with Crippen LogP contribution in [0.25, 0.3) is 10.4 Å². The number of nitrogens with two attached hydrogens (primary N) is 1. The van der Waals surface area contributed by atoms with Crippen molar-refractivity contribution in [1.29, 1.82) is 0 Å². The lowest BCUT2D eigenvalue weighted by Crippen LogP contribution is -2.08. The molecule has 0 saturated heterocycles. The summed E-state index contributed by atoms with van der Waals surface area (Å²) in [5.74, 6) is 4.25. The predicted octanol–water partition coefficient (Wildman–Crippen LogP) is 0.239. The Morgan fingerprint density at radius 3 is 2.88 bits per heavy atom. The van der Waals surface area contributed by atoms with Gasteiger partial charge < -0.3 is 9.68 Å². The molecular weight excluding hydrogens is 116 g/mol. The van der Waals surface area contributed by atoms with Gasteiger partial charge in [-0.15, -0.1) is 0 Å². The Morgan fingerprint density at radius 1 is 1.88 bits per heavy atom. The first kappa shape index (κ1) is 6.54. The molecule has 0 aliphatic rings. The van der Waals surface area contributed by atoms with Gasteiger partial charge in [0.1, 0.15) is 5.28 Å². The van der Waals surface area contributed by atoms with Gasteiger partial charge in [0.15, 0.2) is 0 Å². The average Bonchev–Trinajstić information content (AvgIpc) is 1.83. The summed E-state index contributed by atoms with van der Waals surface area (Å²) in [5.41, 5.74) is 7.50. The molecule has 8 heavy (non-hydrogen) atoms. The molecular formula is CH2N4O3. The van der Waals surface area contributed by atoms with Crippen LogP contribution in [-0.4, -0.2) is 6.16 Å². The van der Waals surface area contributed by atoms with Crippen molar-refractivity contribution in [2.75, 3.05) is 0 Å². The van der Waals surface area contributed by atoms with E-state index in [0.29, 0.717) is 0 Å². The van der Waals surface area contributed by atoms with E-state index in [0.717, 1.165) is 0 Å². The minimum atomic E-state index is -1.25. The number of carbonyl (C=O) groups is 1. The highest BCUT2D eigenvalue weighted by Crippen LogP contribution is 1.79. The molecule has 0 aromatic carbocycles. The van der Waals surface area contributed by atoms with Crippen LogP contribution in [0, 0.1) is 0 Å². The Bertz CT molecular complexity index is 125. The maximum absolute atomic E-state index is 9.74. The van der Waals surface area contributed by atoms with Crippen LogP contribution < -0.4 is 5.90 Å². The molecule has 0 saturated carbocycles. The summed E-state index contributed by atoms with van der Waals surface area (Å²) in [6, 6.07) is 0. The maximum atomic E-state index is 9.74. The summed E-state index contributed by atoms with van der Waals surface area (Å²) >= 11 is 0. The number of azide groups is 1. The number of hydrogen-bond donors (Lipinski definition) is 1. The van der Waals surface area contributed by atoms with Crippen molar-refractivity contribution in [3.05, 3.63) is 10.4 Å². The zero-order valence-corrected chi connectivity index (χ0v) is 3.64. The zero-order valence-electron chi connectivity index (χ0n) is 3.64. The van der Waals surface area contributed by atoms with Crippen molar-refractivity contribution in [1.82, 2.24) is 0 Å². The highest BCUT2D eigenvalue weighted by Gasteiger charge is 1.95. The summed E-state index contributed by atoms with van der Waals surface area (Å²) in [6.45, 7) is 0. The molecule has 7 nitrogen and oxygen atoms in total. The summed E-state index contributed by atoms with van der Waals surface area (Å²) in [5, 5.41) is 2.37. The molecule has 0 aliphatic heterocycles. The molecule has 2 N–H and O–H groups in total. The summed E-state index contributed by atoms with van der Waals surface area (Å²) < 4.78 is 0. The smallest absolute Gasteiger partial charge is 0.341 e. The molecule has 0 spiro atoms. The lowest BCUT2D eigenvalue weighted by Gasteiger charge is -1.87. The number of carbonyl (C=O) groups excluding carboxylic acids is 1. The lowest BCUT2D eigenvalue weighted by atomic mass is 11.4. The molecule has 0 atom stereocenters. The Morgan fingerprint density at radius 2 is 2.50 bits per heavy atom. The maximum Gasteiger partial charge on any atom is 0.539 e. The normalized spacial score (nSPS) is 6.62. The lowest BCUT2D eigenvalue weighted by molar-refractivity contribution is 0.0555. The van der Waals surface area contributed by atoms with E-state index in [4.69, 9.17) is 5.53 Å². The van der Waals surface area contributed by atoms with E-state index in [1.165, 1.54) is 0 Å². The molecule has 0 rings (SSSR count). The molecule has 0 aromatic rings. The van der Waals surface area contributed by atoms with Crippen LogP contribution in [0.15, 0.2) is 5.28 Å². The third kappa shape index (κ3) is 2.76. The molecule has 7 heteroatoms. The standard InChI is InChI=1S/CH2N4O3/c2-4-5-8-1(6)7-3/h3H2. The number of rotatable bonds is 1. The van der Waals surface area contributed by atoms with Gasteiger partial charge in [-0.3, -0.25) is 0 Å². The minimum absolute atomic E-state index is 1.25. The van der Waals surface area contributed by atoms with Gasteiger partial charge in [0.05, 0.1) is 0 Å². The van der Waals surface area contributed by atoms with E-state index in [9.17, 15) is 4.79 Å². The number of hydrogen-bond acceptors (Lipinski definition) is 5. The second-order valence-corrected chi connectivity index (χ2v) is 0.630. The first-order valence-corrected chi connectivity index (χ1v) is 1.43. The Labute approximate surface area is 43.5 Å². The third-order valence-corrected chi connectivity index (χ3v) is 0.248. The van der Waals surface area contributed by atoms with Crippen molar-refractivity contribution >= 4 is 6.16 Å². The van der Waals surface area contributed by atoms with E-state index < -0.39 is 6.16 Å². The van der Waals surface area contributed by atoms with Crippen molar-refractivity contribution < 1.29 is 14.5 Å². The third-order valence-electron chi connectivity index (χ3n) is 0.248. The molecule has 0 radical (unpaired) electrons. The van der Waals surface area contributed by atoms with E-state index in [1.54, 1.807) is 0 Å². The number of nitrogens with zero attached hydrogens (tertiary/aromatic N) is 3. The second-order valence-electron chi connectivity index (χ2n) is 0.630. The van der Waals surface area contributed by atoms with Crippen LogP contribution in [-0.2, 0) is 9.68 Å². The molecule has 0 bridgehead atoms. The van der Waals surface area contributed by atoms with Gasteiger partial charge in [0.25, 0.3) is 0 Å². The predicted molar refractivity (Wildman–Crippen MR) is 20.9 cm³/mol. The monoisotopic (exact) mass is 118 g/mol. The van der Waals surface area contributed by atoms with Gasteiger partial charge >= 0.3 is 6.16 Å². The highest BCUT2D eigenvalue weighted by molar-refractivity contribution is 5.58. The van der Waals surface area contributed by atoms with E-state index >= 15 is 0 Å². The van der Waals surface area contributed by atoms with Crippen LogP contribution in [0.4, 0.5) is 4.79 Å². The topological polar surface area (TPSA) is 110 Å². The first-order valence-electron chi connectivity index (χ1n) is 1.43.